The van der Waals surface area contributed by atoms with Crippen LogP contribution in [0, 0.1) is 5.92 Å². The Morgan fingerprint density at radius 3 is 2.48 bits per heavy atom. The Morgan fingerprint density at radius 1 is 1.28 bits per heavy atom. The van der Waals surface area contributed by atoms with Crippen LogP contribution in [0.1, 0.15) is 44.7 Å². The van der Waals surface area contributed by atoms with Gasteiger partial charge in [-0.05, 0) is 43.7 Å². The Balaban J connectivity index is 2.06. The molecule has 1 saturated heterocycles. The fourth-order valence-corrected chi connectivity index (χ4v) is 4.45. The Hall–Kier alpha value is -1.60. The average molecular weight is 367 g/mol. The van der Waals surface area contributed by atoms with Crippen molar-refractivity contribution in [3.63, 3.8) is 0 Å². The number of piperidine rings is 1. The van der Waals surface area contributed by atoms with Crippen LogP contribution in [-0.2, 0) is 22.3 Å². The molecule has 0 amide bonds. The number of rotatable bonds is 6. The van der Waals surface area contributed by atoms with E-state index in [1.165, 1.54) is 0 Å². The molecule has 3 N–H and O–H groups in total. The van der Waals surface area contributed by atoms with Gasteiger partial charge < -0.3 is 10.6 Å². The molecule has 0 aromatic heterocycles. The van der Waals surface area contributed by atoms with E-state index < -0.39 is 10.0 Å². The van der Waals surface area contributed by atoms with Gasteiger partial charge >= 0.3 is 0 Å². The molecular formula is C18H30N4O2S. The minimum absolute atomic E-state index is 0.0436. The summed E-state index contributed by atoms with van der Waals surface area (Å²) in [4.78, 5) is 6.61. The Kier molecular flexibility index (Phi) is 6.84. The van der Waals surface area contributed by atoms with Gasteiger partial charge in [0, 0.05) is 19.1 Å². The highest BCUT2D eigenvalue weighted by Gasteiger charge is 2.18. The van der Waals surface area contributed by atoms with Crippen molar-refractivity contribution in [2.45, 2.75) is 52.0 Å². The van der Waals surface area contributed by atoms with Gasteiger partial charge in [0.2, 0.25) is 10.0 Å². The van der Waals surface area contributed by atoms with E-state index in [1.54, 1.807) is 0 Å². The number of sulfonamides is 1. The zero-order chi connectivity index (χ0) is 18.4. The standard InChI is InChI=1S/C18H30N4O2S/c1-14(2)21-25(23,24)13-17-7-5-4-6-16(17)12-20-18(19)22-10-8-15(3)9-11-22/h4-7,14-15,21H,8-13H2,1-3H3,(H2,19,20). The number of nitrogens with zero attached hydrogens (tertiary/aromatic N) is 2. The highest BCUT2D eigenvalue weighted by molar-refractivity contribution is 7.88. The van der Waals surface area contributed by atoms with Crippen molar-refractivity contribution in [1.82, 2.24) is 9.62 Å². The van der Waals surface area contributed by atoms with Crippen LogP contribution in [-0.4, -0.2) is 38.4 Å². The van der Waals surface area contributed by atoms with Crippen molar-refractivity contribution >= 4 is 16.0 Å². The molecular weight excluding hydrogens is 336 g/mol. The van der Waals surface area contributed by atoms with Crippen LogP contribution >= 0.6 is 0 Å². The van der Waals surface area contributed by atoms with Crippen LogP contribution in [0.15, 0.2) is 29.3 Å². The predicted molar refractivity (Wildman–Crippen MR) is 103 cm³/mol. The first-order valence-electron chi connectivity index (χ1n) is 8.88. The molecule has 1 heterocycles. The highest BCUT2D eigenvalue weighted by Crippen LogP contribution is 2.17. The number of likely N-dealkylation sites (tertiary alicyclic amines) is 1. The molecule has 0 radical (unpaired) electrons. The van der Waals surface area contributed by atoms with E-state index in [0.29, 0.717) is 12.5 Å². The monoisotopic (exact) mass is 366 g/mol. The molecule has 1 aliphatic rings. The maximum absolute atomic E-state index is 12.2. The largest absolute Gasteiger partial charge is 0.370 e. The molecule has 1 aromatic carbocycles. The lowest BCUT2D eigenvalue weighted by molar-refractivity contribution is 0.277. The summed E-state index contributed by atoms with van der Waals surface area (Å²) in [6, 6.07) is 7.38. The maximum Gasteiger partial charge on any atom is 0.216 e. The van der Waals surface area contributed by atoms with Gasteiger partial charge in [0.1, 0.15) is 0 Å². The lowest BCUT2D eigenvalue weighted by atomic mass is 10.00. The topological polar surface area (TPSA) is 87.8 Å². The summed E-state index contributed by atoms with van der Waals surface area (Å²) in [5.41, 5.74) is 7.79. The molecule has 2 rings (SSSR count). The first kappa shape index (κ1) is 19.7. The van der Waals surface area contributed by atoms with Crippen LogP contribution in [0.25, 0.3) is 0 Å². The number of hydrogen-bond acceptors (Lipinski definition) is 3. The fraction of sp³-hybridized carbons (Fsp3) is 0.611. The zero-order valence-electron chi connectivity index (χ0n) is 15.4. The smallest absolute Gasteiger partial charge is 0.216 e. The molecule has 1 aliphatic heterocycles. The van der Waals surface area contributed by atoms with Crippen molar-refractivity contribution in [3.05, 3.63) is 35.4 Å². The summed E-state index contributed by atoms with van der Waals surface area (Å²) >= 11 is 0. The molecule has 7 heteroatoms. The molecule has 0 atom stereocenters. The third kappa shape index (κ3) is 6.32. The number of guanidine groups is 1. The molecule has 0 aliphatic carbocycles. The van der Waals surface area contributed by atoms with E-state index in [2.05, 4.69) is 21.5 Å². The average Bonchev–Trinajstić information content (AvgIpc) is 2.52. The van der Waals surface area contributed by atoms with Crippen LogP contribution in [0.4, 0.5) is 0 Å². The SMILES string of the molecule is CC1CCN(C(N)=NCc2ccccc2CS(=O)(=O)NC(C)C)CC1. The van der Waals surface area contributed by atoms with Gasteiger partial charge in [0.05, 0.1) is 12.3 Å². The van der Waals surface area contributed by atoms with E-state index in [9.17, 15) is 8.42 Å². The van der Waals surface area contributed by atoms with Gasteiger partial charge in [-0.1, -0.05) is 31.2 Å². The lowest BCUT2D eigenvalue weighted by Crippen LogP contribution is -2.42. The molecule has 25 heavy (non-hydrogen) atoms. The second-order valence-electron chi connectivity index (χ2n) is 7.14. The summed E-state index contributed by atoms with van der Waals surface area (Å²) < 4.78 is 27.0. The number of aliphatic imine (C=N–C) groups is 1. The number of nitrogens with two attached hydrogens (primary N) is 1. The van der Waals surface area contributed by atoms with Crippen LogP contribution in [0.5, 0.6) is 0 Å². The third-order valence-electron chi connectivity index (χ3n) is 4.40. The van der Waals surface area contributed by atoms with Gasteiger partial charge in [0.25, 0.3) is 0 Å². The molecule has 140 valence electrons. The third-order valence-corrected chi connectivity index (χ3v) is 5.92. The van der Waals surface area contributed by atoms with Crippen molar-refractivity contribution in [1.29, 1.82) is 0 Å². The molecule has 0 bridgehead atoms. The Bertz CT molecular complexity index is 693. The van der Waals surface area contributed by atoms with E-state index >= 15 is 0 Å². The van der Waals surface area contributed by atoms with E-state index in [1.807, 2.05) is 38.1 Å². The van der Waals surface area contributed by atoms with E-state index in [0.717, 1.165) is 43.0 Å². The minimum atomic E-state index is -3.36. The van der Waals surface area contributed by atoms with Crippen molar-refractivity contribution < 1.29 is 8.42 Å². The first-order chi connectivity index (χ1) is 11.8. The predicted octanol–water partition coefficient (Wildman–Crippen LogP) is 2.06. The van der Waals surface area contributed by atoms with Gasteiger partial charge in [0.15, 0.2) is 5.96 Å². The molecule has 0 saturated carbocycles. The highest BCUT2D eigenvalue weighted by atomic mass is 32.2. The maximum atomic E-state index is 12.2. The molecule has 0 spiro atoms. The first-order valence-corrected chi connectivity index (χ1v) is 10.5. The summed E-state index contributed by atoms with van der Waals surface area (Å²) in [7, 11) is -3.36. The normalized spacial score (nSPS) is 17.3. The molecule has 1 aromatic rings. The van der Waals surface area contributed by atoms with Crippen LogP contribution < -0.4 is 10.5 Å². The molecule has 1 fully saturated rings. The fourth-order valence-electron chi connectivity index (χ4n) is 2.96. The summed E-state index contributed by atoms with van der Waals surface area (Å²) in [6.45, 7) is 8.15. The lowest BCUT2D eigenvalue weighted by Gasteiger charge is -2.31. The van der Waals surface area contributed by atoms with Crippen LogP contribution in [0.2, 0.25) is 0 Å². The summed E-state index contributed by atoms with van der Waals surface area (Å²) in [6.07, 6.45) is 2.26. The van der Waals surface area contributed by atoms with E-state index in [-0.39, 0.29) is 11.8 Å². The minimum Gasteiger partial charge on any atom is -0.370 e. The summed E-state index contributed by atoms with van der Waals surface area (Å²) in [5.74, 6) is 1.24. The second kappa shape index (κ2) is 8.67. The van der Waals surface area contributed by atoms with Gasteiger partial charge in [-0.2, -0.15) is 0 Å². The molecule has 0 unspecified atom stereocenters. The number of nitrogens with one attached hydrogen (secondary N) is 1. The zero-order valence-corrected chi connectivity index (χ0v) is 16.2. The summed E-state index contributed by atoms with van der Waals surface area (Å²) in [5, 5.41) is 0. The number of benzene rings is 1. The van der Waals surface area contributed by atoms with E-state index in [4.69, 9.17) is 5.73 Å². The Labute approximate surface area is 151 Å². The van der Waals surface area contributed by atoms with Crippen molar-refractivity contribution in [2.24, 2.45) is 16.6 Å². The Morgan fingerprint density at radius 2 is 1.88 bits per heavy atom. The molecule has 6 nitrogen and oxygen atoms in total. The van der Waals surface area contributed by atoms with Crippen LogP contribution in [0.3, 0.4) is 0 Å². The van der Waals surface area contributed by atoms with Crippen molar-refractivity contribution in [2.75, 3.05) is 13.1 Å². The van der Waals surface area contributed by atoms with Gasteiger partial charge in [-0.15, -0.1) is 0 Å². The van der Waals surface area contributed by atoms with Gasteiger partial charge in [-0.3, -0.25) is 0 Å². The van der Waals surface area contributed by atoms with Gasteiger partial charge in [-0.25, -0.2) is 18.1 Å². The quantitative estimate of drug-likeness (QED) is 0.596. The second-order valence-corrected chi connectivity index (χ2v) is 8.90. The number of hydrogen-bond donors (Lipinski definition) is 2. The van der Waals surface area contributed by atoms with Crippen molar-refractivity contribution in [3.8, 4) is 0 Å².